The number of carbonyl (C=O) groups excluding carboxylic acids is 1. The molecule has 27 heavy (non-hydrogen) atoms. The minimum Gasteiger partial charge on any atom is -0.378 e. The van der Waals surface area contributed by atoms with Crippen molar-refractivity contribution in [2.45, 2.75) is 13.0 Å². The van der Waals surface area contributed by atoms with E-state index in [4.69, 9.17) is 0 Å². The second-order valence-corrected chi connectivity index (χ2v) is 6.50. The molecule has 3 rings (SSSR count). The van der Waals surface area contributed by atoms with Crippen LogP contribution >= 0.6 is 0 Å². The summed E-state index contributed by atoms with van der Waals surface area (Å²) in [5, 5.41) is 0. The third kappa shape index (κ3) is 3.97. The minimum atomic E-state index is -0.536. The molecular weight excluding hydrogens is 341 g/mol. The highest BCUT2D eigenvalue weighted by Crippen LogP contribution is 2.30. The average Bonchev–Trinajstić information content (AvgIpc) is 2.69. The van der Waals surface area contributed by atoms with Gasteiger partial charge in [0.1, 0.15) is 5.82 Å². The zero-order chi connectivity index (χ0) is 19.4. The van der Waals surface area contributed by atoms with Crippen molar-refractivity contribution < 1.29 is 9.18 Å². The van der Waals surface area contributed by atoms with Gasteiger partial charge in [0, 0.05) is 31.7 Å². The summed E-state index contributed by atoms with van der Waals surface area (Å²) in [6.45, 7) is 1.89. The Balaban J connectivity index is 2.06. The van der Waals surface area contributed by atoms with Crippen LogP contribution in [0.1, 0.15) is 29.0 Å². The van der Waals surface area contributed by atoms with E-state index in [0.717, 1.165) is 11.4 Å². The largest absolute Gasteiger partial charge is 0.378 e. The first-order valence-corrected chi connectivity index (χ1v) is 8.75. The molecule has 1 amide bonds. The molecule has 0 aliphatic carbocycles. The van der Waals surface area contributed by atoms with Crippen LogP contribution in [-0.2, 0) is 0 Å². The van der Waals surface area contributed by atoms with E-state index in [1.54, 1.807) is 23.2 Å². The van der Waals surface area contributed by atoms with Gasteiger partial charge in [-0.15, -0.1) is 0 Å². The number of hydrogen-bond acceptors (Lipinski definition) is 3. The average molecular weight is 363 g/mol. The third-order valence-corrected chi connectivity index (χ3v) is 4.47. The number of rotatable bonds is 5. The van der Waals surface area contributed by atoms with E-state index in [-0.39, 0.29) is 11.6 Å². The summed E-state index contributed by atoms with van der Waals surface area (Å²) in [4.78, 5) is 21.2. The topological polar surface area (TPSA) is 36.4 Å². The number of benzene rings is 2. The molecule has 0 unspecified atom stereocenters. The maximum absolute atomic E-state index is 14.3. The normalized spacial score (nSPS) is 11.7. The van der Waals surface area contributed by atoms with E-state index in [9.17, 15) is 9.18 Å². The quantitative estimate of drug-likeness (QED) is 0.660. The summed E-state index contributed by atoms with van der Waals surface area (Å²) in [5.41, 5.74) is 2.48. The summed E-state index contributed by atoms with van der Waals surface area (Å²) in [6, 6.07) is 18.8. The van der Waals surface area contributed by atoms with Crippen molar-refractivity contribution >= 4 is 17.3 Å². The molecule has 0 N–H and O–H groups in total. The highest BCUT2D eigenvalue weighted by atomic mass is 19.1. The number of carbonyl (C=O) groups is 1. The van der Waals surface area contributed by atoms with E-state index in [0.29, 0.717) is 5.69 Å². The monoisotopic (exact) mass is 363 g/mol. The summed E-state index contributed by atoms with van der Waals surface area (Å²) in [5.74, 6) is -0.936. The van der Waals surface area contributed by atoms with Crippen LogP contribution in [0.15, 0.2) is 72.9 Å². The van der Waals surface area contributed by atoms with Crippen molar-refractivity contribution in [3.63, 3.8) is 0 Å². The fourth-order valence-electron chi connectivity index (χ4n) is 2.95. The highest BCUT2D eigenvalue weighted by Gasteiger charge is 2.27. The smallest absolute Gasteiger partial charge is 0.261 e. The second-order valence-electron chi connectivity index (χ2n) is 6.50. The summed E-state index contributed by atoms with van der Waals surface area (Å²) < 4.78 is 14.3. The fraction of sp³-hybridized carbons (Fsp3) is 0.182. The summed E-state index contributed by atoms with van der Waals surface area (Å²) >= 11 is 0. The Bertz CT molecular complexity index is 910. The Morgan fingerprint density at radius 3 is 2.15 bits per heavy atom. The minimum absolute atomic E-state index is 0.0389. The van der Waals surface area contributed by atoms with Crippen LogP contribution in [0.2, 0.25) is 0 Å². The van der Waals surface area contributed by atoms with E-state index in [2.05, 4.69) is 4.98 Å². The van der Waals surface area contributed by atoms with Crippen LogP contribution in [0.3, 0.4) is 0 Å². The lowest BCUT2D eigenvalue weighted by Crippen LogP contribution is -2.34. The van der Waals surface area contributed by atoms with Gasteiger partial charge in [0.2, 0.25) is 0 Å². The Kier molecular flexibility index (Phi) is 5.50. The molecule has 0 aliphatic heterocycles. The number of nitrogens with zero attached hydrogens (tertiary/aromatic N) is 3. The third-order valence-electron chi connectivity index (χ3n) is 4.47. The fourth-order valence-corrected chi connectivity index (χ4v) is 2.95. The van der Waals surface area contributed by atoms with Crippen LogP contribution in [0.25, 0.3) is 0 Å². The lowest BCUT2D eigenvalue weighted by atomic mass is 10.1. The standard InChI is InChI=1S/C22H22FN3O/c1-16(21-10-6-7-15-24-21)26(18-13-11-17(12-14-18)25(2)3)22(27)19-8-4-5-9-20(19)23/h4-16H,1-3H3/t16-/m1/s1. The molecule has 1 atom stereocenters. The molecular formula is C22H22FN3O. The van der Waals surface area contributed by atoms with Gasteiger partial charge >= 0.3 is 0 Å². The van der Waals surface area contributed by atoms with Crippen LogP contribution in [0.5, 0.6) is 0 Å². The zero-order valence-electron chi connectivity index (χ0n) is 15.6. The highest BCUT2D eigenvalue weighted by molar-refractivity contribution is 6.06. The van der Waals surface area contributed by atoms with Gasteiger partial charge in [-0.3, -0.25) is 14.7 Å². The molecule has 138 valence electrons. The van der Waals surface area contributed by atoms with Crippen LogP contribution < -0.4 is 9.80 Å². The molecule has 0 bridgehead atoms. The van der Waals surface area contributed by atoms with Crippen molar-refractivity contribution in [2.75, 3.05) is 23.9 Å². The Morgan fingerprint density at radius 2 is 1.56 bits per heavy atom. The zero-order valence-corrected chi connectivity index (χ0v) is 15.6. The van der Waals surface area contributed by atoms with Gasteiger partial charge in [0.15, 0.2) is 0 Å². The van der Waals surface area contributed by atoms with Gasteiger partial charge in [0.25, 0.3) is 5.91 Å². The van der Waals surface area contributed by atoms with Gasteiger partial charge in [0.05, 0.1) is 17.3 Å². The van der Waals surface area contributed by atoms with Gasteiger partial charge in [-0.2, -0.15) is 0 Å². The lowest BCUT2D eigenvalue weighted by molar-refractivity contribution is 0.0974. The van der Waals surface area contributed by atoms with Crippen molar-refractivity contribution in [1.82, 2.24) is 4.98 Å². The molecule has 0 spiro atoms. The Morgan fingerprint density at radius 1 is 0.926 bits per heavy atom. The van der Waals surface area contributed by atoms with E-state index < -0.39 is 11.7 Å². The van der Waals surface area contributed by atoms with E-state index in [1.165, 1.54) is 12.1 Å². The Labute approximate surface area is 158 Å². The van der Waals surface area contributed by atoms with Gasteiger partial charge in [-0.25, -0.2) is 4.39 Å². The van der Waals surface area contributed by atoms with Crippen LogP contribution in [0.4, 0.5) is 15.8 Å². The molecule has 3 aromatic rings. The van der Waals surface area contributed by atoms with Crippen molar-refractivity contribution in [3.05, 3.63) is 90.0 Å². The molecule has 4 nitrogen and oxygen atoms in total. The number of pyridine rings is 1. The lowest BCUT2D eigenvalue weighted by Gasteiger charge is -2.29. The first kappa shape index (κ1) is 18.6. The maximum atomic E-state index is 14.3. The van der Waals surface area contributed by atoms with E-state index >= 15 is 0 Å². The number of hydrogen-bond donors (Lipinski definition) is 0. The van der Waals surface area contributed by atoms with Gasteiger partial charge < -0.3 is 4.90 Å². The Hall–Kier alpha value is -3.21. The molecule has 0 fully saturated rings. The van der Waals surface area contributed by atoms with Gasteiger partial charge in [-0.1, -0.05) is 18.2 Å². The predicted molar refractivity (Wildman–Crippen MR) is 107 cm³/mol. The second kappa shape index (κ2) is 7.99. The van der Waals surface area contributed by atoms with Crippen molar-refractivity contribution in [1.29, 1.82) is 0 Å². The maximum Gasteiger partial charge on any atom is 0.261 e. The number of anilines is 2. The molecule has 1 heterocycles. The molecule has 0 radical (unpaired) electrons. The van der Waals surface area contributed by atoms with Crippen LogP contribution in [-0.4, -0.2) is 25.0 Å². The summed E-state index contributed by atoms with van der Waals surface area (Å²) in [7, 11) is 3.90. The predicted octanol–water partition coefficient (Wildman–Crippen LogP) is 4.69. The molecule has 1 aromatic heterocycles. The van der Waals surface area contributed by atoms with Crippen molar-refractivity contribution in [3.8, 4) is 0 Å². The SMILES string of the molecule is C[C@H](c1ccccn1)N(C(=O)c1ccccc1F)c1ccc(N(C)C)cc1. The molecule has 0 aliphatic rings. The number of amides is 1. The molecule has 0 saturated heterocycles. The number of halogens is 1. The molecule has 2 aromatic carbocycles. The number of aromatic nitrogens is 1. The van der Waals surface area contributed by atoms with E-state index in [1.807, 2.05) is 68.4 Å². The first-order chi connectivity index (χ1) is 13.0. The molecule has 5 heteroatoms. The first-order valence-electron chi connectivity index (χ1n) is 8.75. The van der Waals surface area contributed by atoms with Crippen molar-refractivity contribution in [2.24, 2.45) is 0 Å². The van der Waals surface area contributed by atoms with Gasteiger partial charge in [-0.05, 0) is 55.5 Å². The molecule has 0 saturated carbocycles. The summed E-state index contributed by atoms with van der Waals surface area (Å²) in [6.07, 6.45) is 1.69. The van der Waals surface area contributed by atoms with Crippen LogP contribution in [0, 0.1) is 5.82 Å².